The van der Waals surface area contributed by atoms with Crippen LogP contribution in [0.3, 0.4) is 0 Å². The molecule has 0 aromatic rings. The van der Waals surface area contributed by atoms with Gasteiger partial charge >= 0.3 is 6.16 Å². The number of rotatable bonds is 3. The summed E-state index contributed by atoms with van der Waals surface area (Å²) in [6.45, 7) is 7.24. The van der Waals surface area contributed by atoms with Crippen LogP contribution in [0.5, 0.6) is 0 Å². The second kappa shape index (κ2) is 4.01. The molecule has 0 fully saturated rings. The number of methoxy groups -OCH3 is 1. The first-order chi connectivity index (χ1) is 5.08. The Labute approximate surface area is 67.0 Å². The Morgan fingerprint density at radius 1 is 1.73 bits per heavy atom. The average molecular weight is 158 g/mol. The molecule has 0 aliphatic rings. The highest BCUT2D eigenvalue weighted by Crippen LogP contribution is 2.16. The summed E-state index contributed by atoms with van der Waals surface area (Å²) in [6.07, 6.45) is 1.60. The average Bonchev–Trinajstić information content (AvgIpc) is 2.04. The van der Waals surface area contributed by atoms with E-state index in [-0.39, 0.29) is 0 Å². The topological polar surface area (TPSA) is 35.5 Å². The zero-order valence-corrected chi connectivity index (χ0v) is 7.22. The first-order valence-electron chi connectivity index (χ1n) is 3.48. The molecule has 11 heavy (non-hydrogen) atoms. The Kier molecular flexibility index (Phi) is 3.65. The first kappa shape index (κ1) is 10.0. The molecule has 0 aliphatic carbocycles. The zero-order valence-electron chi connectivity index (χ0n) is 7.22. The molecule has 3 heteroatoms. The summed E-state index contributed by atoms with van der Waals surface area (Å²) >= 11 is 0. The van der Waals surface area contributed by atoms with E-state index in [2.05, 4.69) is 11.3 Å². The van der Waals surface area contributed by atoms with E-state index >= 15 is 0 Å². The summed E-state index contributed by atoms with van der Waals surface area (Å²) in [5, 5.41) is 0. The maximum atomic E-state index is 10.7. The fourth-order valence-electron chi connectivity index (χ4n) is 0.490. The van der Waals surface area contributed by atoms with Gasteiger partial charge in [-0.05, 0) is 19.4 Å². The van der Waals surface area contributed by atoms with Crippen molar-refractivity contribution in [1.29, 1.82) is 0 Å². The summed E-state index contributed by atoms with van der Waals surface area (Å²) < 4.78 is 9.25. The van der Waals surface area contributed by atoms with Gasteiger partial charge in [0.25, 0.3) is 0 Å². The molecule has 0 N–H and O–H groups in total. The smallest absolute Gasteiger partial charge is 0.438 e. The van der Waals surface area contributed by atoms with E-state index in [4.69, 9.17) is 4.74 Å². The van der Waals surface area contributed by atoms with E-state index in [9.17, 15) is 4.79 Å². The molecular formula is C8H14O3. The van der Waals surface area contributed by atoms with E-state index in [1.807, 2.05) is 6.92 Å². The van der Waals surface area contributed by atoms with Gasteiger partial charge in [0, 0.05) is 0 Å². The van der Waals surface area contributed by atoms with Crippen molar-refractivity contribution in [3.05, 3.63) is 12.7 Å². The van der Waals surface area contributed by atoms with Crippen LogP contribution in [0.4, 0.5) is 4.79 Å². The second-order valence-electron chi connectivity index (χ2n) is 2.43. The minimum atomic E-state index is -0.672. The molecule has 0 radical (unpaired) electrons. The third-order valence-corrected chi connectivity index (χ3v) is 1.62. The lowest BCUT2D eigenvalue weighted by molar-refractivity contribution is 0.00716. The van der Waals surface area contributed by atoms with Crippen molar-refractivity contribution in [2.75, 3.05) is 7.11 Å². The Bertz CT molecular complexity index is 153. The van der Waals surface area contributed by atoms with Gasteiger partial charge in [0.05, 0.1) is 7.11 Å². The highest BCUT2D eigenvalue weighted by atomic mass is 16.7. The van der Waals surface area contributed by atoms with Gasteiger partial charge in [0.2, 0.25) is 0 Å². The summed E-state index contributed by atoms with van der Waals surface area (Å²) in [4.78, 5) is 10.7. The highest BCUT2D eigenvalue weighted by molar-refractivity contribution is 5.60. The molecule has 0 saturated carbocycles. The van der Waals surface area contributed by atoms with Crippen LogP contribution in [-0.4, -0.2) is 18.9 Å². The van der Waals surface area contributed by atoms with Crippen LogP contribution in [0.2, 0.25) is 0 Å². The van der Waals surface area contributed by atoms with E-state index in [0.29, 0.717) is 6.42 Å². The Hall–Kier alpha value is -0.990. The molecule has 0 bridgehead atoms. The summed E-state index contributed by atoms with van der Waals surface area (Å²) in [5.74, 6) is 0. The van der Waals surface area contributed by atoms with Crippen LogP contribution < -0.4 is 0 Å². The molecule has 0 aromatic carbocycles. The minimum Gasteiger partial charge on any atom is -0.438 e. The fourth-order valence-corrected chi connectivity index (χ4v) is 0.490. The maximum absolute atomic E-state index is 10.7. The van der Waals surface area contributed by atoms with Crippen LogP contribution >= 0.6 is 0 Å². The Morgan fingerprint density at radius 2 is 2.27 bits per heavy atom. The standard InChI is InChI=1S/C8H14O3/c1-5-8(3,6-2)11-7(9)10-4/h5H,1,6H2,2-4H3. The van der Waals surface area contributed by atoms with Crippen LogP contribution in [0.15, 0.2) is 12.7 Å². The highest BCUT2D eigenvalue weighted by Gasteiger charge is 2.22. The molecule has 1 unspecified atom stereocenters. The van der Waals surface area contributed by atoms with Gasteiger partial charge in [0.15, 0.2) is 0 Å². The molecule has 0 rings (SSSR count). The van der Waals surface area contributed by atoms with E-state index in [1.54, 1.807) is 13.0 Å². The quantitative estimate of drug-likeness (QED) is 0.466. The Morgan fingerprint density at radius 3 is 2.55 bits per heavy atom. The molecule has 0 heterocycles. The largest absolute Gasteiger partial charge is 0.508 e. The van der Waals surface area contributed by atoms with E-state index in [1.165, 1.54) is 7.11 Å². The number of hydrogen-bond acceptors (Lipinski definition) is 3. The van der Waals surface area contributed by atoms with Gasteiger partial charge in [-0.1, -0.05) is 13.5 Å². The number of carbonyl (C=O) groups is 1. The third kappa shape index (κ3) is 3.07. The molecule has 0 aliphatic heterocycles. The number of hydrogen-bond donors (Lipinski definition) is 0. The fraction of sp³-hybridized carbons (Fsp3) is 0.625. The van der Waals surface area contributed by atoms with Crippen molar-refractivity contribution in [2.24, 2.45) is 0 Å². The van der Waals surface area contributed by atoms with Crippen LogP contribution in [0, 0.1) is 0 Å². The number of ether oxygens (including phenoxy) is 2. The van der Waals surface area contributed by atoms with Crippen molar-refractivity contribution in [3.8, 4) is 0 Å². The second-order valence-corrected chi connectivity index (χ2v) is 2.43. The predicted octanol–water partition coefficient (Wildman–Crippen LogP) is 2.12. The SMILES string of the molecule is C=CC(C)(CC)OC(=O)OC. The van der Waals surface area contributed by atoms with E-state index in [0.717, 1.165) is 0 Å². The molecule has 3 nitrogen and oxygen atoms in total. The maximum Gasteiger partial charge on any atom is 0.508 e. The van der Waals surface area contributed by atoms with Crippen molar-refractivity contribution >= 4 is 6.16 Å². The minimum absolute atomic E-state index is 0.604. The van der Waals surface area contributed by atoms with E-state index < -0.39 is 11.8 Å². The molecule has 1 atom stereocenters. The summed E-state index contributed by atoms with van der Waals surface area (Å²) in [5.41, 5.74) is -0.604. The van der Waals surface area contributed by atoms with Crippen molar-refractivity contribution in [3.63, 3.8) is 0 Å². The molecule has 64 valence electrons. The molecule has 0 saturated heterocycles. The van der Waals surface area contributed by atoms with Crippen LogP contribution in [-0.2, 0) is 9.47 Å². The van der Waals surface area contributed by atoms with Crippen molar-refractivity contribution < 1.29 is 14.3 Å². The van der Waals surface area contributed by atoms with Crippen LogP contribution in [0.25, 0.3) is 0 Å². The van der Waals surface area contributed by atoms with Crippen molar-refractivity contribution in [1.82, 2.24) is 0 Å². The molecule has 0 amide bonds. The first-order valence-corrected chi connectivity index (χ1v) is 3.48. The molecule has 0 spiro atoms. The van der Waals surface area contributed by atoms with Crippen molar-refractivity contribution in [2.45, 2.75) is 25.9 Å². The lowest BCUT2D eigenvalue weighted by atomic mass is 10.0. The van der Waals surface area contributed by atoms with Gasteiger partial charge in [-0.2, -0.15) is 0 Å². The predicted molar refractivity (Wildman–Crippen MR) is 42.4 cm³/mol. The number of carbonyl (C=O) groups excluding carboxylic acids is 1. The van der Waals surface area contributed by atoms with Crippen LogP contribution in [0.1, 0.15) is 20.3 Å². The lowest BCUT2D eigenvalue weighted by Crippen LogP contribution is -2.28. The summed E-state index contributed by atoms with van der Waals surface area (Å²) in [7, 11) is 1.28. The third-order valence-electron chi connectivity index (χ3n) is 1.62. The van der Waals surface area contributed by atoms with Gasteiger partial charge in [-0.3, -0.25) is 0 Å². The normalized spacial score (nSPS) is 14.8. The summed E-state index contributed by atoms with van der Waals surface area (Å²) in [6, 6.07) is 0. The van der Waals surface area contributed by atoms with Gasteiger partial charge in [-0.15, -0.1) is 0 Å². The molecular weight excluding hydrogens is 144 g/mol. The monoisotopic (exact) mass is 158 g/mol. The van der Waals surface area contributed by atoms with Gasteiger partial charge in [-0.25, -0.2) is 4.79 Å². The zero-order chi connectivity index (χ0) is 8.91. The Balaban J connectivity index is 4.07. The van der Waals surface area contributed by atoms with Gasteiger partial charge in [0.1, 0.15) is 5.60 Å². The lowest BCUT2D eigenvalue weighted by Gasteiger charge is -2.22. The molecule has 0 aromatic heterocycles. The van der Waals surface area contributed by atoms with Gasteiger partial charge < -0.3 is 9.47 Å².